The van der Waals surface area contributed by atoms with E-state index < -0.39 is 20.0 Å². The standard InChI is InChI=1S/C10H11N3O6S3/c1-21(14,15)10-13-12-9(20-10)11-6-19-7-3-2-4-8(5-7)22(16,17)18/h2-5H,6H2,1H3,(H,11,12)(H,16,17,18). The van der Waals surface area contributed by atoms with Gasteiger partial charge >= 0.3 is 0 Å². The van der Waals surface area contributed by atoms with Gasteiger partial charge in [0.2, 0.25) is 19.3 Å². The Kier molecular flexibility index (Phi) is 4.65. The van der Waals surface area contributed by atoms with Crippen LogP contribution in [0.4, 0.5) is 5.13 Å². The van der Waals surface area contributed by atoms with Crippen LogP contribution in [0.1, 0.15) is 0 Å². The molecule has 0 spiro atoms. The van der Waals surface area contributed by atoms with E-state index in [1.165, 1.54) is 18.2 Å². The SMILES string of the molecule is CS(=O)(=O)c1nnc(NCOc2cccc(S(=O)(=O)O)c2)s1. The predicted molar refractivity (Wildman–Crippen MR) is 78.4 cm³/mol. The van der Waals surface area contributed by atoms with Crippen LogP contribution < -0.4 is 10.1 Å². The van der Waals surface area contributed by atoms with Crippen molar-refractivity contribution in [2.45, 2.75) is 9.24 Å². The van der Waals surface area contributed by atoms with Crippen molar-refractivity contribution < 1.29 is 26.1 Å². The summed E-state index contributed by atoms with van der Waals surface area (Å²) in [5.74, 6) is 0.204. The summed E-state index contributed by atoms with van der Waals surface area (Å²) in [4.78, 5) is -0.291. The van der Waals surface area contributed by atoms with Gasteiger partial charge in [0.25, 0.3) is 10.1 Å². The first kappa shape index (κ1) is 16.6. The Morgan fingerprint density at radius 2 is 2.00 bits per heavy atom. The van der Waals surface area contributed by atoms with E-state index in [9.17, 15) is 16.8 Å². The summed E-state index contributed by atoms with van der Waals surface area (Å²) in [6.45, 7) is -0.0900. The minimum absolute atomic E-state index is 0.0900. The predicted octanol–water partition coefficient (Wildman–Crippen LogP) is 0.637. The van der Waals surface area contributed by atoms with Gasteiger partial charge in [-0.3, -0.25) is 4.55 Å². The molecule has 1 heterocycles. The number of rotatable bonds is 6. The van der Waals surface area contributed by atoms with Gasteiger partial charge in [0, 0.05) is 12.3 Å². The molecule has 2 aromatic rings. The molecular weight excluding hydrogens is 354 g/mol. The van der Waals surface area contributed by atoms with Crippen LogP contribution >= 0.6 is 11.3 Å². The molecule has 2 N–H and O–H groups in total. The van der Waals surface area contributed by atoms with Crippen LogP contribution in [0.25, 0.3) is 0 Å². The Hall–Kier alpha value is -1.76. The first-order valence-electron chi connectivity index (χ1n) is 5.64. The third-order valence-corrected chi connectivity index (χ3v) is 5.69. The van der Waals surface area contributed by atoms with E-state index in [1.54, 1.807) is 0 Å². The largest absolute Gasteiger partial charge is 0.473 e. The second-order valence-electron chi connectivity index (χ2n) is 4.06. The minimum atomic E-state index is -4.30. The molecule has 22 heavy (non-hydrogen) atoms. The van der Waals surface area contributed by atoms with E-state index in [-0.39, 0.29) is 26.8 Å². The van der Waals surface area contributed by atoms with Gasteiger partial charge in [-0.25, -0.2) is 8.42 Å². The van der Waals surface area contributed by atoms with Crippen LogP contribution in [-0.2, 0) is 20.0 Å². The summed E-state index contributed by atoms with van der Waals surface area (Å²) >= 11 is 0.845. The maximum Gasteiger partial charge on any atom is 0.294 e. The van der Waals surface area contributed by atoms with Gasteiger partial charge in [0.15, 0.2) is 6.73 Å². The van der Waals surface area contributed by atoms with Crippen LogP contribution in [0.3, 0.4) is 0 Å². The molecule has 0 aliphatic carbocycles. The molecule has 0 atom stereocenters. The van der Waals surface area contributed by atoms with Crippen molar-refractivity contribution in [1.82, 2.24) is 10.2 Å². The van der Waals surface area contributed by atoms with E-state index in [4.69, 9.17) is 9.29 Å². The number of anilines is 1. The number of benzene rings is 1. The number of aromatic nitrogens is 2. The lowest BCUT2D eigenvalue weighted by Gasteiger charge is -2.07. The number of nitrogens with one attached hydrogen (secondary N) is 1. The van der Waals surface area contributed by atoms with E-state index >= 15 is 0 Å². The Morgan fingerprint density at radius 3 is 2.59 bits per heavy atom. The molecular formula is C10H11N3O6S3. The molecule has 1 aromatic carbocycles. The Balaban J connectivity index is 1.98. The smallest absolute Gasteiger partial charge is 0.294 e. The van der Waals surface area contributed by atoms with E-state index in [1.807, 2.05) is 0 Å². The molecule has 12 heteroatoms. The van der Waals surface area contributed by atoms with Crippen molar-refractivity contribution in [3.8, 4) is 5.75 Å². The molecule has 0 radical (unpaired) electrons. The minimum Gasteiger partial charge on any atom is -0.473 e. The molecule has 2 rings (SSSR count). The fourth-order valence-corrected chi connectivity index (χ4v) is 3.34. The summed E-state index contributed by atoms with van der Waals surface area (Å²) in [7, 11) is -7.71. The van der Waals surface area contributed by atoms with Crippen molar-refractivity contribution >= 4 is 36.4 Å². The van der Waals surface area contributed by atoms with Crippen molar-refractivity contribution in [1.29, 1.82) is 0 Å². The topological polar surface area (TPSA) is 136 Å². The highest BCUT2D eigenvalue weighted by Crippen LogP contribution is 2.20. The van der Waals surface area contributed by atoms with E-state index in [2.05, 4.69) is 15.5 Å². The lowest BCUT2D eigenvalue weighted by atomic mass is 10.3. The second kappa shape index (κ2) is 6.16. The Bertz CT molecular complexity index is 875. The lowest BCUT2D eigenvalue weighted by molar-refractivity contribution is 0.345. The number of sulfone groups is 1. The fraction of sp³-hybridized carbons (Fsp3) is 0.200. The van der Waals surface area contributed by atoms with Crippen LogP contribution in [0.2, 0.25) is 0 Å². The highest BCUT2D eigenvalue weighted by Gasteiger charge is 2.14. The second-order valence-corrected chi connectivity index (χ2v) is 8.65. The summed E-state index contributed by atoms with van der Waals surface area (Å²) in [6, 6.07) is 5.28. The van der Waals surface area contributed by atoms with Crippen molar-refractivity contribution in [2.75, 3.05) is 18.3 Å². The molecule has 120 valence electrons. The van der Waals surface area contributed by atoms with Gasteiger partial charge in [-0.2, -0.15) is 8.42 Å². The molecule has 9 nitrogen and oxygen atoms in total. The fourth-order valence-electron chi connectivity index (χ4n) is 1.34. The first-order chi connectivity index (χ1) is 10.2. The normalized spacial score (nSPS) is 12.1. The summed E-state index contributed by atoms with van der Waals surface area (Å²) in [5.41, 5.74) is 0. The summed E-state index contributed by atoms with van der Waals surface area (Å²) in [5, 5.41) is 10.1. The number of nitrogens with zero attached hydrogens (tertiary/aromatic N) is 2. The molecule has 0 bridgehead atoms. The van der Waals surface area contributed by atoms with Crippen LogP contribution in [0.15, 0.2) is 33.5 Å². The third-order valence-electron chi connectivity index (χ3n) is 2.29. The summed E-state index contributed by atoms with van der Waals surface area (Å²) < 4.78 is 58.5. The monoisotopic (exact) mass is 365 g/mol. The van der Waals surface area contributed by atoms with E-state index in [0.29, 0.717) is 0 Å². The van der Waals surface area contributed by atoms with Crippen LogP contribution in [-0.4, -0.2) is 44.6 Å². The van der Waals surface area contributed by atoms with Crippen molar-refractivity contribution in [2.24, 2.45) is 0 Å². The highest BCUT2D eigenvalue weighted by atomic mass is 32.2. The number of hydrogen-bond donors (Lipinski definition) is 2. The maximum atomic E-state index is 11.2. The van der Waals surface area contributed by atoms with Crippen molar-refractivity contribution in [3.05, 3.63) is 24.3 Å². The van der Waals surface area contributed by atoms with Gasteiger partial charge in [-0.05, 0) is 12.1 Å². The quantitative estimate of drug-likeness (QED) is 0.558. The van der Waals surface area contributed by atoms with Gasteiger partial charge in [-0.1, -0.05) is 17.4 Å². The van der Waals surface area contributed by atoms with Gasteiger partial charge in [0.1, 0.15) is 5.75 Å². The molecule has 0 aliphatic heterocycles. The average molecular weight is 365 g/mol. The van der Waals surface area contributed by atoms with Crippen molar-refractivity contribution in [3.63, 3.8) is 0 Å². The number of hydrogen-bond acceptors (Lipinski definition) is 9. The molecule has 0 saturated carbocycles. The van der Waals surface area contributed by atoms with Crippen LogP contribution in [0.5, 0.6) is 5.75 Å². The zero-order valence-electron chi connectivity index (χ0n) is 11.1. The Morgan fingerprint density at radius 1 is 1.27 bits per heavy atom. The van der Waals surface area contributed by atoms with Gasteiger partial charge in [0.05, 0.1) is 4.90 Å². The highest BCUT2D eigenvalue weighted by molar-refractivity contribution is 7.92. The molecule has 0 saturated heterocycles. The molecule has 1 aromatic heterocycles. The third kappa shape index (κ3) is 4.37. The number of ether oxygens (including phenoxy) is 1. The molecule has 0 fully saturated rings. The molecule has 0 aliphatic rings. The maximum absolute atomic E-state index is 11.2. The molecule has 0 unspecified atom stereocenters. The lowest BCUT2D eigenvalue weighted by Crippen LogP contribution is -2.09. The summed E-state index contributed by atoms with van der Waals surface area (Å²) in [6.07, 6.45) is 1.02. The van der Waals surface area contributed by atoms with Crippen LogP contribution in [0, 0.1) is 0 Å². The Labute approximate surface area is 130 Å². The van der Waals surface area contributed by atoms with Gasteiger partial charge in [-0.15, -0.1) is 10.2 Å². The zero-order chi connectivity index (χ0) is 16.4. The zero-order valence-corrected chi connectivity index (χ0v) is 13.6. The van der Waals surface area contributed by atoms with Gasteiger partial charge < -0.3 is 10.1 Å². The van der Waals surface area contributed by atoms with E-state index in [0.717, 1.165) is 23.7 Å². The molecule has 0 amide bonds. The first-order valence-corrected chi connectivity index (χ1v) is 9.79. The average Bonchev–Trinajstić information content (AvgIpc) is 2.87.